The lowest BCUT2D eigenvalue weighted by Crippen LogP contribution is -2.35. The van der Waals surface area contributed by atoms with E-state index in [2.05, 4.69) is 5.32 Å². The third kappa shape index (κ3) is 5.26. The molecule has 0 aromatic carbocycles. The molecular formula is C7H11NO3. The number of hydrogen-bond acceptors (Lipinski definition) is 3. The molecule has 0 heterocycles. The highest BCUT2D eigenvalue weighted by atomic mass is 16.2. The lowest BCUT2D eigenvalue weighted by atomic mass is 10.2. The molecule has 0 aromatic heterocycles. The van der Waals surface area contributed by atoms with E-state index in [-0.39, 0.29) is 18.1 Å². The van der Waals surface area contributed by atoms with Crippen LogP contribution in [0.3, 0.4) is 0 Å². The van der Waals surface area contributed by atoms with Crippen LogP contribution < -0.4 is 5.32 Å². The van der Waals surface area contributed by atoms with Crippen molar-refractivity contribution in [1.82, 2.24) is 5.32 Å². The van der Waals surface area contributed by atoms with Crippen LogP contribution in [0.2, 0.25) is 0 Å². The molecule has 1 N–H and O–H groups in total. The van der Waals surface area contributed by atoms with E-state index < -0.39 is 6.04 Å². The van der Waals surface area contributed by atoms with Gasteiger partial charge in [-0.2, -0.15) is 0 Å². The lowest BCUT2D eigenvalue weighted by Gasteiger charge is -2.07. The fraction of sp³-hybridized carbons (Fsp3) is 0.571. The molecule has 1 amide bonds. The Labute approximate surface area is 65.0 Å². The predicted octanol–water partition coefficient (Wildman–Crippen LogP) is -0.331. The quantitative estimate of drug-likeness (QED) is 0.568. The molecule has 62 valence electrons. The Morgan fingerprint density at radius 3 is 2.27 bits per heavy atom. The van der Waals surface area contributed by atoms with E-state index in [0.29, 0.717) is 6.29 Å². The molecule has 4 nitrogen and oxygen atoms in total. The molecule has 11 heavy (non-hydrogen) atoms. The molecule has 0 aliphatic carbocycles. The minimum atomic E-state index is -0.662. The third-order valence-electron chi connectivity index (χ3n) is 1.06. The summed E-state index contributed by atoms with van der Waals surface area (Å²) in [5.74, 6) is -0.417. The highest BCUT2D eigenvalue weighted by Crippen LogP contribution is 1.88. The van der Waals surface area contributed by atoms with Crippen molar-refractivity contribution in [3.8, 4) is 0 Å². The van der Waals surface area contributed by atoms with Crippen LogP contribution in [0, 0.1) is 0 Å². The van der Waals surface area contributed by atoms with Crippen LogP contribution in [-0.4, -0.2) is 24.0 Å². The van der Waals surface area contributed by atoms with Gasteiger partial charge in [0.15, 0.2) is 0 Å². The second-order valence-corrected chi connectivity index (χ2v) is 2.35. The first-order valence-corrected chi connectivity index (χ1v) is 3.28. The second kappa shape index (κ2) is 4.60. The number of amides is 1. The molecule has 0 saturated heterocycles. The summed E-state index contributed by atoms with van der Waals surface area (Å²) in [7, 11) is 0. The molecule has 0 saturated carbocycles. The van der Waals surface area contributed by atoms with Crippen LogP contribution in [-0.2, 0) is 14.4 Å². The summed E-state index contributed by atoms with van der Waals surface area (Å²) in [5.41, 5.74) is 0. The van der Waals surface area contributed by atoms with E-state index in [1.54, 1.807) is 0 Å². The molecule has 4 heteroatoms. The third-order valence-corrected chi connectivity index (χ3v) is 1.06. The highest BCUT2D eigenvalue weighted by molar-refractivity contribution is 5.83. The number of nitrogens with one attached hydrogen (secondary N) is 1. The Hall–Kier alpha value is -1.19. The maximum absolute atomic E-state index is 10.5. The van der Waals surface area contributed by atoms with E-state index in [4.69, 9.17) is 0 Å². The van der Waals surface area contributed by atoms with Crippen LogP contribution in [0.15, 0.2) is 0 Å². The first kappa shape index (κ1) is 9.81. The van der Waals surface area contributed by atoms with Gasteiger partial charge in [0, 0.05) is 13.3 Å². The molecule has 0 aliphatic rings. The summed E-state index contributed by atoms with van der Waals surface area (Å²) < 4.78 is 0. The molecule has 0 radical (unpaired) electrons. The molecule has 1 unspecified atom stereocenters. The number of carbonyl (C=O) groups is 3. The van der Waals surface area contributed by atoms with Crippen LogP contribution in [0.1, 0.15) is 20.3 Å². The van der Waals surface area contributed by atoms with Gasteiger partial charge >= 0.3 is 0 Å². The first-order chi connectivity index (χ1) is 5.06. The zero-order chi connectivity index (χ0) is 8.85. The van der Waals surface area contributed by atoms with Gasteiger partial charge in [-0.3, -0.25) is 9.59 Å². The van der Waals surface area contributed by atoms with Crippen molar-refractivity contribution in [3.05, 3.63) is 0 Å². The average Bonchev–Trinajstić information content (AvgIpc) is 1.84. The Morgan fingerprint density at radius 1 is 1.45 bits per heavy atom. The normalized spacial score (nSPS) is 11.8. The molecule has 0 aliphatic heterocycles. The Balaban J connectivity index is 3.85. The van der Waals surface area contributed by atoms with Crippen molar-refractivity contribution < 1.29 is 14.4 Å². The molecular weight excluding hydrogens is 146 g/mol. The zero-order valence-electron chi connectivity index (χ0n) is 6.59. The summed E-state index contributed by atoms with van der Waals surface area (Å²) in [6.45, 7) is 2.68. The summed E-state index contributed by atoms with van der Waals surface area (Å²) in [5, 5.41) is 2.33. The zero-order valence-corrected chi connectivity index (χ0v) is 6.59. The molecule has 1 atom stereocenters. The van der Waals surface area contributed by atoms with Gasteiger partial charge < -0.3 is 10.1 Å². The van der Waals surface area contributed by atoms with Gasteiger partial charge in [0.1, 0.15) is 12.1 Å². The molecule has 0 bridgehead atoms. The Kier molecular flexibility index (Phi) is 4.10. The first-order valence-electron chi connectivity index (χ1n) is 3.28. The van der Waals surface area contributed by atoms with E-state index in [0.717, 1.165) is 0 Å². The van der Waals surface area contributed by atoms with Crippen molar-refractivity contribution in [1.29, 1.82) is 0 Å². The van der Waals surface area contributed by atoms with Crippen molar-refractivity contribution in [3.63, 3.8) is 0 Å². The molecule has 0 spiro atoms. The minimum absolute atomic E-state index is 0.0725. The van der Waals surface area contributed by atoms with Gasteiger partial charge in [0.2, 0.25) is 5.91 Å². The van der Waals surface area contributed by atoms with Crippen LogP contribution in [0.5, 0.6) is 0 Å². The maximum Gasteiger partial charge on any atom is 0.217 e. The second-order valence-electron chi connectivity index (χ2n) is 2.35. The fourth-order valence-electron chi connectivity index (χ4n) is 0.704. The Bertz CT molecular complexity index is 161. The van der Waals surface area contributed by atoms with Crippen LogP contribution >= 0.6 is 0 Å². The predicted molar refractivity (Wildman–Crippen MR) is 39.0 cm³/mol. The van der Waals surface area contributed by atoms with E-state index in [9.17, 15) is 14.4 Å². The van der Waals surface area contributed by atoms with Gasteiger partial charge in [0.05, 0.1) is 6.04 Å². The summed E-state index contributed by atoms with van der Waals surface area (Å²) in [4.78, 5) is 31.1. The van der Waals surface area contributed by atoms with Crippen LogP contribution in [0.4, 0.5) is 0 Å². The number of ketones is 1. The van der Waals surface area contributed by atoms with Gasteiger partial charge in [-0.05, 0) is 6.92 Å². The van der Waals surface area contributed by atoms with Crippen LogP contribution in [0.25, 0.3) is 0 Å². The summed E-state index contributed by atoms with van der Waals surface area (Å²) in [6.07, 6.45) is 0.631. The number of Topliss-reactive ketones (excluding diaryl/α,β-unsaturated/α-hetero) is 1. The van der Waals surface area contributed by atoms with Crippen molar-refractivity contribution in [2.75, 3.05) is 0 Å². The van der Waals surface area contributed by atoms with Gasteiger partial charge in [-0.1, -0.05) is 0 Å². The summed E-state index contributed by atoms with van der Waals surface area (Å²) in [6, 6.07) is -0.662. The molecule has 0 fully saturated rings. The topological polar surface area (TPSA) is 63.2 Å². The van der Waals surface area contributed by atoms with Gasteiger partial charge in [0.25, 0.3) is 0 Å². The SMILES string of the molecule is CC(=O)CC(C=O)NC(C)=O. The van der Waals surface area contributed by atoms with Crippen molar-refractivity contribution in [2.45, 2.75) is 26.3 Å². The standard InChI is InChI=1S/C7H11NO3/c1-5(10)3-7(4-9)8-6(2)11/h4,7H,3H2,1-2H3,(H,8,11). The van der Waals surface area contributed by atoms with E-state index >= 15 is 0 Å². The van der Waals surface area contributed by atoms with E-state index in [1.165, 1.54) is 13.8 Å². The molecule has 0 rings (SSSR count). The van der Waals surface area contributed by atoms with Gasteiger partial charge in [-0.15, -0.1) is 0 Å². The molecule has 0 aromatic rings. The number of rotatable bonds is 4. The fourth-order valence-corrected chi connectivity index (χ4v) is 0.704. The number of carbonyl (C=O) groups excluding carboxylic acids is 3. The minimum Gasteiger partial charge on any atom is -0.346 e. The number of aldehydes is 1. The van der Waals surface area contributed by atoms with E-state index in [1.807, 2.05) is 0 Å². The maximum atomic E-state index is 10.5. The summed E-state index contributed by atoms with van der Waals surface area (Å²) >= 11 is 0. The Morgan fingerprint density at radius 2 is 2.00 bits per heavy atom. The average molecular weight is 157 g/mol. The lowest BCUT2D eigenvalue weighted by molar-refractivity contribution is -0.124. The van der Waals surface area contributed by atoms with Crippen molar-refractivity contribution >= 4 is 18.0 Å². The van der Waals surface area contributed by atoms with Crippen molar-refractivity contribution in [2.24, 2.45) is 0 Å². The van der Waals surface area contributed by atoms with Gasteiger partial charge in [-0.25, -0.2) is 0 Å². The number of hydrogen-bond donors (Lipinski definition) is 1. The monoisotopic (exact) mass is 157 g/mol. The largest absolute Gasteiger partial charge is 0.346 e. The smallest absolute Gasteiger partial charge is 0.217 e. The highest BCUT2D eigenvalue weighted by Gasteiger charge is 2.09.